The van der Waals surface area contributed by atoms with Crippen LogP contribution in [-0.4, -0.2) is 59.9 Å². The average molecular weight is 270 g/mol. The van der Waals surface area contributed by atoms with Crippen LogP contribution in [0, 0.1) is 0 Å². The average Bonchev–Trinajstić information content (AvgIpc) is 2.82. The van der Waals surface area contributed by atoms with Crippen molar-refractivity contribution in [1.82, 2.24) is 10.2 Å². The van der Waals surface area contributed by atoms with Crippen LogP contribution in [0.4, 0.5) is 0 Å². The summed E-state index contributed by atoms with van der Waals surface area (Å²) in [6.45, 7) is 7.47. The van der Waals surface area contributed by atoms with Crippen molar-refractivity contribution in [3.63, 3.8) is 0 Å². The zero-order valence-electron chi connectivity index (χ0n) is 12.0. The second-order valence-electron chi connectivity index (χ2n) is 5.87. The van der Waals surface area contributed by atoms with Crippen LogP contribution in [0.25, 0.3) is 0 Å². The van der Waals surface area contributed by atoms with Gasteiger partial charge in [-0.2, -0.15) is 0 Å². The molecule has 2 rings (SSSR count). The van der Waals surface area contributed by atoms with Crippen LogP contribution in [0.3, 0.4) is 0 Å². The molecule has 1 aliphatic carbocycles. The third kappa shape index (κ3) is 3.09. The lowest BCUT2D eigenvalue weighted by Crippen LogP contribution is -2.53. The van der Waals surface area contributed by atoms with E-state index < -0.39 is 11.5 Å². The molecule has 5 heteroatoms. The van der Waals surface area contributed by atoms with E-state index in [1.165, 1.54) is 0 Å². The molecule has 0 aromatic rings. The van der Waals surface area contributed by atoms with Gasteiger partial charge in [0.1, 0.15) is 5.54 Å². The van der Waals surface area contributed by atoms with Crippen LogP contribution >= 0.6 is 0 Å². The van der Waals surface area contributed by atoms with Gasteiger partial charge in [0.2, 0.25) is 0 Å². The van der Waals surface area contributed by atoms with Crippen molar-refractivity contribution >= 4 is 5.97 Å². The fourth-order valence-corrected chi connectivity index (χ4v) is 3.38. The summed E-state index contributed by atoms with van der Waals surface area (Å²) in [4.78, 5) is 14.1. The molecule has 1 saturated heterocycles. The molecule has 0 amide bonds. The molecule has 19 heavy (non-hydrogen) atoms. The second-order valence-corrected chi connectivity index (χ2v) is 5.87. The molecule has 2 aliphatic rings. The van der Waals surface area contributed by atoms with Crippen LogP contribution in [0.2, 0.25) is 0 Å². The van der Waals surface area contributed by atoms with E-state index in [-0.39, 0.29) is 0 Å². The van der Waals surface area contributed by atoms with E-state index in [9.17, 15) is 9.90 Å². The highest BCUT2D eigenvalue weighted by molar-refractivity contribution is 5.79. The smallest absolute Gasteiger partial charge is 0.323 e. The highest BCUT2D eigenvalue weighted by Crippen LogP contribution is 2.35. The maximum atomic E-state index is 11.6. The van der Waals surface area contributed by atoms with Crippen LogP contribution in [0.1, 0.15) is 39.5 Å². The molecule has 0 bridgehead atoms. The number of aliphatic carboxylic acids is 1. The van der Waals surface area contributed by atoms with Crippen LogP contribution < -0.4 is 5.32 Å². The van der Waals surface area contributed by atoms with E-state index >= 15 is 0 Å². The Hall–Kier alpha value is -0.650. The van der Waals surface area contributed by atoms with Gasteiger partial charge in [-0.1, -0.05) is 6.92 Å². The van der Waals surface area contributed by atoms with Crippen molar-refractivity contribution in [3.05, 3.63) is 0 Å². The van der Waals surface area contributed by atoms with Crippen LogP contribution in [0.5, 0.6) is 0 Å². The zero-order chi connectivity index (χ0) is 13.9. The van der Waals surface area contributed by atoms with Gasteiger partial charge in [0.15, 0.2) is 0 Å². The van der Waals surface area contributed by atoms with Crippen LogP contribution in [0.15, 0.2) is 0 Å². The Morgan fingerprint density at radius 3 is 3.00 bits per heavy atom. The number of carboxylic acid groups (broad SMARTS) is 1. The Morgan fingerprint density at radius 2 is 2.37 bits per heavy atom. The fraction of sp³-hybridized carbons (Fsp3) is 0.929. The van der Waals surface area contributed by atoms with Gasteiger partial charge in [-0.25, -0.2) is 0 Å². The number of nitrogens with one attached hydrogen (secondary N) is 1. The SMILES string of the molecule is CCCNC1(C(=O)O)CCC(N2CCOCC2C)C1. The summed E-state index contributed by atoms with van der Waals surface area (Å²) in [6.07, 6.45) is 3.38. The Labute approximate surface area is 115 Å². The van der Waals surface area contributed by atoms with E-state index in [2.05, 4.69) is 24.1 Å². The van der Waals surface area contributed by atoms with E-state index in [1.54, 1.807) is 0 Å². The topological polar surface area (TPSA) is 61.8 Å². The van der Waals surface area contributed by atoms with E-state index in [1.807, 2.05) is 0 Å². The molecule has 0 aromatic heterocycles. The van der Waals surface area contributed by atoms with Gasteiger partial charge in [0.25, 0.3) is 0 Å². The first kappa shape index (κ1) is 14.8. The molecule has 5 nitrogen and oxygen atoms in total. The summed E-state index contributed by atoms with van der Waals surface area (Å²) in [7, 11) is 0. The molecule has 3 atom stereocenters. The summed E-state index contributed by atoms with van der Waals surface area (Å²) < 4.78 is 5.46. The number of rotatable bonds is 5. The Bertz CT molecular complexity index is 324. The molecule has 3 unspecified atom stereocenters. The number of carboxylic acids is 1. The molecule has 0 spiro atoms. The highest BCUT2D eigenvalue weighted by atomic mass is 16.5. The minimum Gasteiger partial charge on any atom is -0.480 e. The lowest BCUT2D eigenvalue weighted by atomic mass is 9.96. The molecule has 2 fully saturated rings. The van der Waals surface area contributed by atoms with Crippen molar-refractivity contribution < 1.29 is 14.6 Å². The maximum absolute atomic E-state index is 11.6. The Morgan fingerprint density at radius 1 is 1.58 bits per heavy atom. The first-order valence-corrected chi connectivity index (χ1v) is 7.41. The van der Waals surface area contributed by atoms with Gasteiger partial charge in [0, 0.05) is 18.6 Å². The monoisotopic (exact) mass is 270 g/mol. The number of morpholine rings is 1. The zero-order valence-corrected chi connectivity index (χ0v) is 12.0. The van der Waals surface area contributed by atoms with E-state index in [0.717, 1.165) is 45.6 Å². The third-order valence-corrected chi connectivity index (χ3v) is 4.50. The van der Waals surface area contributed by atoms with Crippen LogP contribution in [-0.2, 0) is 9.53 Å². The first-order chi connectivity index (χ1) is 9.09. The van der Waals surface area contributed by atoms with Gasteiger partial charge in [-0.15, -0.1) is 0 Å². The Balaban J connectivity index is 2.01. The van der Waals surface area contributed by atoms with Gasteiger partial charge in [-0.3, -0.25) is 9.69 Å². The molecular formula is C14H26N2O3. The van der Waals surface area contributed by atoms with Crippen molar-refractivity contribution in [2.45, 2.75) is 57.2 Å². The first-order valence-electron chi connectivity index (χ1n) is 7.41. The van der Waals surface area contributed by atoms with Gasteiger partial charge < -0.3 is 15.2 Å². The number of ether oxygens (including phenoxy) is 1. The van der Waals surface area contributed by atoms with Gasteiger partial charge >= 0.3 is 5.97 Å². The van der Waals surface area contributed by atoms with Gasteiger partial charge in [-0.05, 0) is 39.2 Å². The van der Waals surface area contributed by atoms with E-state index in [0.29, 0.717) is 18.5 Å². The third-order valence-electron chi connectivity index (χ3n) is 4.50. The predicted octanol–water partition coefficient (Wildman–Crippen LogP) is 1.08. The summed E-state index contributed by atoms with van der Waals surface area (Å²) in [6, 6.07) is 0.772. The van der Waals surface area contributed by atoms with Gasteiger partial charge in [0.05, 0.1) is 13.2 Å². The molecule has 1 aliphatic heterocycles. The number of hydrogen-bond acceptors (Lipinski definition) is 4. The fourth-order valence-electron chi connectivity index (χ4n) is 3.38. The standard InChI is InChI=1S/C14H26N2O3/c1-3-6-15-14(13(17)18)5-4-12(9-14)16-7-8-19-10-11(16)2/h11-12,15H,3-10H2,1-2H3,(H,17,18). The maximum Gasteiger partial charge on any atom is 0.323 e. The summed E-state index contributed by atoms with van der Waals surface area (Å²) in [5.74, 6) is -0.690. The molecular weight excluding hydrogens is 244 g/mol. The molecule has 1 saturated carbocycles. The van der Waals surface area contributed by atoms with Crippen molar-refractivity contribution in [2.75, 3.05) is 26.3 Å². The number of nitrogens with zero attached hydrogens (tertiary/aromatic N) is 1. The minimum atomic E-state index is -0.710. The lowest BCUT2D eigenvalue weighted by Gasteiger charge is -2.38. The largest absolute Gasteiger partial charge is 0.480 e. The molecule has 110 valence electrons. The van der Waals surface area contributed by atoms with Crippen molar-refractivity contribution in [1.29, 1.82) is 0 Å². The summed E-state index contributed by atoms with van der Waals surface area (Å²) >= 11 is 0. The predicted molar refractivity (Wildman–Crippen MR) is 73.3 cm³/mol. The molecule has 0 aromatic carbocycles. The van der Waals surface area contributed by atoms with Crippen molar-refractivity contribution in [2.24, 2.45) is 0 Å². The number of carbonyl (C=O) groups is 1. The normalized spacial score (nSPS) is 36.5. The summed E-state index contributed by atoms with van der Waals surface area (Å²) in [5.41, 5.74) is -0.710. The highest BCUT2D eigenvalue weighted by Gasteiger charge is 2.47. The molecule has 0 radical (unpaired) electrons. The molecule has 2 N–H and O–H groups in total. The Kier molecular flexibility index (Phi) is 4.81. The minimum absolute atomic E-state index is 0.374. The lowest BCUT2D eigenvalue weighted by molar-refractivity contribution is -0.145. The quantitative estimate of drug-likeness (QED) is 0.783. The molecule has 1 heterocycles. The summed E-state index contributed by atoms with van der Waals surface area (Å²) in [5, 5.41) is 12.8. The number of hydrogen-bond donors (Lipinski definition) is 2. The second kappa shape index (κ2) is 6.20. The van der Waals surface area contributed by atoms with E-state index in [4.69, 9.17) is 4.74 Å². The van der Waals surface area contributed by atoms with Crippen molar-refractivity contribution in [3.8, 4) is 0 Å².